The van der Waals surface area contributed by atoms with Gasteiger partial charge in [0.1, 0.15) is 0 Å². The lowest BCUT2D eigenvalue weighted by molar-refractivity contribution is -0.384. The lowest BCUT2D eigenvalue weighted by atomic mass is 9.79. The third-order valence-electron chi connectivity index (χ3n) is 5.16. The molecule has 0 saturated carbocycles. The standard InChI is InChI=1S/C22H18N2O5/c1-3-29-22(26)17-12(2)23-20-15-9-4-5-10-16(15)21(25)19(20)18(17)13-7-6-8-14(11-13)24(27)28/h4-11,18,23H,3H2,1-2H3/t18-/m0/s1. The van der Waals surface area contributed by atoms with Crippen molar-refractivity contribution in [2.75, 3.05) is 6.61 Å². The Kier molecular flexibility index (Phi) is 4.50. The molecule has 1 aliphatic heterocycles. The average molecular weight is 390 g/mol. The van der Waals surface area contributed by atoms with E-state index in [9.17, 15) is 19.7 Å². The van der Waals surface area contributed by atoms with Crippen molar-refractivity contribution in [2.45, 2.75) is 19.8 Å². The molecule has 4 rings (SSSR count). The van der Waals surface area contributed by atoms with Crippen molar-refractivity contribution in [3.63, 3.8) is 0 Å². The predicted octanol–water partition coefficient (Wildman–Crippen LogP) is 3.73. The molecule has 1 atom stereocenters. The topological polar surface area (TPSA) is 98.5 Å². The van der Waals surface area contributed by atoms with E-state index in [0.717, 1.165) is 5.56 Å². The van der Waals surface area contributed by atoms with Crippen molar-refractivity contribution in [1.82, 2.24) is 5.32 Å². The normalized spacial score (nSPS) is 17.6. The first-order valence-electron chi connectivity index (χ1n) is 9.21. The number of benzene rings is 2. The second kappa shape index (κ2) is 7.01. The Labute approximate surface area is 166 Å². The van der Waals surface area contributed by atoms with Crippen LogP contribution in [0.1, 0.15) is 41.3 Å². The summed E-state index contributed by atoms with van der Waals surface area (Å²) < 4.78 is 5.24. The quantitative estimate of drug-likeness (QED) is 0.485. The first-order valence-corrected chi connectivity index (χ1v) is 9.21. The van der Waals surface area contributed by atoms with E-state index in [1.54, 1.807) is 38.1 Å². The number of non-ortho nitro benzene ring substituents is 1. The van der Waals surface area contributed by atoms with Crippen LogP contribution >= 0.6 is 0 Å². The highest BCUT2D eigenvalue weighted by Gasteiger charge is 2.43. The molecule has 146 valence electrons. The van der Waals surface area contributed by atoms with Crippen molar-refractivity contribution in [2.24, 2.45) is 0 Å². The summed E-state index contributed by atoms with van der Waals surface area (Å²) >= 11 is 0. The molecule has 2 aromatic rings. The van der Waals surface area contributed by atoms with Gasteiger partial charge in [0.15, 0.2) is 5.78 Å². The van der Waals surface area contributed by atoms with Gasteiger partial charge in [-0.15, -0.1) is 0 Å². The van der Waals surface area contributed by atoms with Gasteiger partial charge >= 0.3 is 5.97 Å². The number of rotatable bonds is 4. The highest BCUT2D eigenvalue weighted by atomic mass is 16.6. The van der Waals surface area contributed by atoms with Crippen LogP contribution in [0.5, 0.6) is 0 Å². The van der Waals surface area contributed by atoms with Gasteiger partial charge in [0.05, 0.1) is 22.8 Å². The molecule has 0 spiro atoms. The molecule has 2 aliphatic rings. The number of hydrogen-bond donors (Lipinski definition) is 1. The molecule has 7 nitrogen and oxygen atoms in total. The van der Waals surface area contributed by atoms with Gasteiger partial charge in [0.25, 0.3) is 5.69 Å². The van der Waals surface area contributed by atoms with Crippen molar-refractivity contribution >= 4 is 23.1 Å². The summed E-state index contributed by atoms with van der Waals surface area (Å²) in [5.74, 6) is -1.51. The monoisotopic (exact) mass is 390 g/mol. The largest absolute Gasteiger partial charge is 0.463 e. The predicted molar refractivity (Wildman–Crippen MR) is 106 cm³/mol. The number of nitrogens with zero attached hydrogens (tertiary/aromatic N) is 1. The molecule has 2 aromatic carbocycles. The van der Waals surface area contributed by atoms with Gasteiger partial charge in [-0.05, 0) is 19.4 Å². The van der Waals surface area contributed by atoms with Crippen LogP contribution in [0.3, 0.4) is 0 Å². The Balaban J connectivity index is 1.94. The Morgan fingerprint density at radius 2 is 1.90 bits per heavy atom. The van der Waals surface area contributed by atoms with E-state index in [1.165, 1.54) is 12.1 Å². The first-order chi connectivity index (χ1) is 13.9. The zero-order chi connectivity index (χ0) is 20.7. The van der Waals surface area contributed by atoms with E-state index in [2.05, 4.69) is 5.32 Å². The average Bonchev–Trinajstić information content (AvgIpc) is 2.99. The molecular weight excluding hydrogens is 372 g/mol. The van der Waals surface area contributed by atoms with Crippen molar-refractivity contribution in [3.05, 3.63) is 92.2 Å². The summed E-state index contributed by atoms with van der Waals surface area (Å²) in [5, 5.41) is 14.5. The number of hydrogen-bond acceptors (Lipinski definition) is 6. The van der Waals surface area contributed by atoms with Gasteiger partial charge in [0.2, 0.25) is 0 Å². The number of ether oxygens (including phenoxy) is 1. The number of nitrogens with one attached hydrogen (secondary N) is 1. The van der Waals surface area contributed by atoms with Crippen molar-refractivity contribution in [3.8, 4) is 0 Å². The molecule has 0 unspecified atom stereocenters. The Hall–Kier alpha value is -3.74. The number of dihydropyridines is 1. The molecule has 1 heterocycles. The number of carbonyl (C=O) groups excluding carboxylic acids is 2. The fourth-order valence-corrected chi connectivity index (χ4v) is 3.96. The number of allylic oxidation sites excluding steroid dienone is 2. The van der Waals surface area contributed by atoms with Crippen LogP contribution in [-0.4, -0.2) is 23.3 Å². The number of Topliss-reactive ketones (excluding diaryl/α,β-unsaturated/α-hetero) is 1. The number of nitro groups is 1. The third kappa shape index (κ3) is 2.91. The van der Waals surface area contributed by atoms with Crippen LogP contribution < -0.4 is 5.32 Å². The minimum atomic E-state index is -0.759. The SMILES string of the molecule is CCOC(=O)C1=C(C)NC2=C(C(=O)c3ccccc32)[C@H]1c1cccc([N+](=O)[O-])c1. The Morgan fingerprint density at radius 1 is 1.17 bits per heavy atom. The molecule has 1 N–H and O–H groups in total. The molecule has 0 bridgehead atoms. The third-order valence-corrected chi connectivity index (χ3v) is 5.16. The van der Waals surface area contributed by atoms with Gasteiger partial charge in [0, 0.05) is 40.4 Å². The van der Waals surface area contributed by atoms with E-state index in [4.69, 9.17) is 4.74 Å². The van der Waals surface area contributed by atoms with Gasteiger partial charge in [-0.2, -0.15) is 0 Å². The molecule has 0 radical (unpaired) electrons. The summed E-state index contributed by atoms with van der Waals surface area (Å²) in [6, 6.07) is 13.2. The highest BCUT2D eigenvalue weighted by molar-refractivity contribution is 6.23. The van der Waals surface area contributed by atoms with Crippen molar-refractivity contribution in [1.29, 1.82) is 0 Å². The van der Waals surface area contributed by atoms with E-state index in [0.29, 0.717) is 28.1 Å². The number of ketones is 1. The van der Waals surface area contributed by atoms with Gasteiger partial charge in [-0.1, -0.05) is 36.4 Å². The zero-order valence-electron chi connectivity index (χ0n) is 15.9. The highest BCUT2D eigenvalue weighted by Crippen LogP contribution is 2.47. The summed E-state index contributed by atoms with van der Waals surface area (Å²) in [6.45, 7) is 3.62. The fraction of sp³-hybridized carbons (Fsp3) is 0.182. The van der Waals surface area contributed by atoms with Gasteiger partial charge < -0.3 is 10.1 Å². The number of carbonyl (C=O) groups is 2. The lowest BCUT2D eigenvalue weighted by Crippen LogP contribution is -2.29. The minimum Gasteiger partial charge on any atom is -0.463 e. The summed E-state index contributed by atoms with van der Waals surface area (Å²) in [7, 11) is 0. The van der Waals surface area contributed by atoms with Gasteiger partial charge in [-0.25, -0.2) is 4.79 Å². The molecule has 0 saturated heterocycles. The van der Waals surface area contributed by atoms with Crippen LogP contribution in [0.25, 0.3) is 5.70 Å². The van der Waals surface area contributed by atoms with Crippen molar-refractivity contribution < 1.29 is 19.2 Å². The van der Waals surface area contributed by atoms with E-state index < -0.39 is 16.8 Å². The van der Waals surface area contributed by atoms with Crippen LogP contribution in [0, 0.1) is 10.1 Å². The maximum absolute atomic E-state index is 13.3. The maximum atomic E-state index is 13.3. The smallest absolute Gasteiger partial charge is 0.336 e. The van der Waals surface area contributed by atoms with E-state index >= 15 is 0 Å². The fourth-order valence-electron chi connectivity index (χ4n) is 3.96. The first kappa shape index (κ1) is 18.6. The second-order valence-corrected chi connectivity index (χ2v) is 6.83. The van der Waals surface area contributed by atoms with Crippen LogP contribution in [0.4, 0.5) is 5.69 Å². The Morgan fingerprint density at radius 3 is 2.59 bits per heavy atom. The molecular formula is C22H18N2O5. The van der Waals surface area contributed by atoms with E-state index in [1.807, 2.05) is 12.1 Å². The Bertz CT molecular complexity index is 1130. The summed E-state index contributed by atoms with van der Waals surface area (Å²) in [4.78, 5) is 36.9. The molecule has 29 heavy (non-hydrogen) atoms. The number of esters is 1. The summed E-state index contributed by atoms with van der Waals surface area (Å²) in [6.07, 6.45) is 0. The molecule has 0 fully saturated rings. The lowest BCUT2D eigenvalue weighted by Gasteiger charge is -2.29. The molecule has 0 aromatic heterocycles. The number of fused-ring (bicyclic) bond motifs is 2. The van der Waals surface area contributed by atoms with Crippen LogP contribution in [-0.2, 0) is 9.53 Å². The number of nitro benzene ring substituents is 1. The molecule has 7 heteroatoms. The maximum Gasteiger partial charge on any atom is 0.336 e. The molecule has 1 aliphatic carbocycles. The second-order valence-electron chi connectivity index (χ2n) is 6.83. The van der Waals surface area contributed by atoms with Crippen LogP contribution in [0.15, 0.2) is 65.4 Å². The van der Waals surface area contributed by atoms with Gasteiger partial charge in [-0.3, -0.25) is 14.9 Å². The molecule has 0 amide bonds. The minimum absolute atomic E-state index is 0.105. The summed E-state index contributed by atoms with van der Waals surface area (Å²) in [5.41, 5.74) is 3.57. The van der Waals surface area contributed by atoms with E-state index in [-0.39, 0.29) is 23.7 Å². The zero-order valence-corrected chi connectivity index (χ0v) is 15.9. The van der Waals surface area contributed by atoms with Crippen LogP contribution in [0.2, 0.25) is 0 Å².